The van der Waals surface area contributed by atoms with Crippen molar-refractivity contribution in [3.8, 4) is 17.2 Å². The highest BCUT2D eigenvalue weighted by molar-refractivity contribution is 6.36. The van der Waals surface area contributed by atoms with Crippen LogP contribution in [0.1, 0.15) is 28.8 Å². The van der Waals surface area contributed by atoms with Crippen LogP contribution in [0.4, 0.5) is 0 Å². The first-order valence-electron chi connectivity index (χ1n) is 10.5. The molecule has 9 heteroatoms. The topological polar surface area (TPSA) is 68.3 Å². The third-order valence-electron chi connectivity index (χ3n) is 6.05. The third-order valence-corrected chi connectivity index (χ3v) is 6.60. The van der Waals surface area contributed by atoms with E-state index in [1.165, 1.54) is 13.2 Å². The van der Waals surface area contributed by atoms with E-state index in [-0.39, 0.29) is 29.3 Å². The molecule has 178 valence electrons. The van der Waals surface area contributed by atoms with Gasteiger partial charge in [-0.05, 0) is 42.8 Å². The highest BCUT2D eigenvalue weighted by Crippen LogP contribution is 2.44. The molecule has 2 aromatic carbocycles. The summed E-state index contributed by atoms with van der Waals surface area (Å²) in [4.78, 5) is 29.9. The predicted molar refractivity (Wildman–Crippen MR) is 128 cm³/mol. The molecule has 1 heterocycles. The van der Waals surface area contributed by atoms with Crippen LogP contribution in [-0.4, -0.2) is 69.6 Å². The summed E-state index contributed by atoms with van der Waals surface area (Å²) in [5.41, 5.74) is 1.17. The number of carbonyl (C=O) groups is 2. The van der Waals surface area contributed by atoms with Gasteiger partial charge in [-0.25, -0.2) is 0 Å². The summed E-state index contributed by atoms with van der Waals surface area (Å²) in [7, 11) is 6.38. The van der Waals surface area contributed by atoms with Gasteiger partial charge in [0, 0.05) is 37.6 Å². The molecule has 2 aromatic rings. The van der Waals surface area contributed by atoms with Gasteiger partial charge in [0.05, 0.1) is 37.8 Å². The van der Waals surface area contributed by atoms with E-state index >= 15 is 0 Å². The van der Waals surface area contributed by atoms with E-state index in [1.54, 1.807) is 43.2 Å². The zero-order valence-electron chi connectivity index (χ0n) is 19.4. The molecule has 1 aliphatic rings. The number of carbonyl (C=O) groups excluding carboxylic acids is 2. The van der Waals surface area contributed by atoms with Gasteiger partial charge in [0.25, 0.3) is 5.91 Å². The van der Waals surface area contributed by atoms with Crippen molar-refractivity contribution in [2.75, 3.05) is 48.0 Å². The van der Waals surface area contributed by atoms with Gasteiger partial charge in [-0.3, -0.25) is 9.59 Å². The maximum absolute atomic E-state index is 13.3. The SMILES string of the molecule is CCN(C)C(=O)[C@@H]1CN(C(=O)c2ccc(Cl)cc2Cl)C[C@H]1c1cc(OC)c(OC)c(OC)c1. The lowest BCUT2D eigenvalue weighted by atomic mass is 9.87. The molecular formula is C24H28Cl2N2O5. The molecule has 2 amide bonds. The van der Waals surface area contributed by atoms with Crippen LogP contribution in [-0.2, 0) is 4.79 Å². The molecule has 2 atom stereocenters. The first kappa shape index (κ1) is 25.0. The second-order valence-electron chi connectivity index (χ2n) is 7.86. The molecule has 0 saturated carbocycles. The molecule has 0 spiro atoms. The number of hydrogen-bond donors (Lipinski definition) is 0. The normalized spacial score (nSPS) is 17.6. The number of likely N-dealkylation sites (tertiary alicyclic amines) is 1. The smallest absolute Gasteiger partial charge is 0.255 e. The molecule has 0 unspecified atom stereocenters. The molecule has 1 aliphatic heterocycles. The van der Waals surface area contributed by atoms with Crippen molar-refractivity contribution in [2.45, 2.75) is 12.8 Å². The standard InChI is InChI=1S/C24H28Cl2N2O5/c1-6-27(2)23(29)18-13-28(24(30)16-8-7-15(25)11-19(16)26)12-17(18)14-9-20(31-3)22(33-5)21(10-14)32-4/h7-11,17-18H,6,12-13H2,1-5H3/t17-,18+/m0/s1. The molecule has 3 rings (SSSR count). The lowest BCUT2D eigenvalue weighted by Crippen LogP contribution is -2.37. The molecule has 33 heavy (non-hydrogen) atoms. The molecule has 0 radical (unpaired) electrons. The van der Waals surface area contributed by atoms with Crippen LogP contribution in [0.15, 0.2) is 30.3 Å². The number of nitrogens with zero attached hydrogens (tertiary/aromatic N) is 2. The number of rotatable bonds is 7. The molecule has 0 N–H and O–H groups in total. The number of methoxy groups -OCH3 is 3. The quantitative estimate of drug-likeness (QED) is 0.572. The minimum absolute atomic E-state index is 0.0336. The summed E-state index contributed by atoms with van der Waals surface area (Å²) < 4.78 is 16.4. The Balaban J connectivity index is 2.03. The Morgan fingerprint density at radius 2 is 1.67 bits per heavy atom. The molecule has 7 nitrogen and oxygen atoms in total. The summed E-state index contributed by atoms with van der Waals surface area (Å²) in [6, 6.07) is 8.44. The second-order valence-corrected chi connectivity index (χ2v) is 8.70. The van der Waals surface area contributed by atoms with Gasteiger partial charge in [0.15, 0.2) is 11.5 Å². The van der Waals surface area contributed by atoms with Gasteiger partial charge in [-0.1, -0.05) is 23.2 Å². The van der Waals surface area contributed by atoms with Crippen LogP contribution >= 0.6 is 23.2 Å². The van der Waals surface area contributed by atoms with Crippen molar-refractivity contribution in [2.24, 2.45) is 5.92 Å². The van der Waals surface area contributed by atoms with Crippen LogP contribution in [0.3, 0.4) is 0 Å². The fourth-order valence-electron chi connectivity index (χ4n) is 4.15. The Bertz CT molecular complexity index is 1020. The average Bonchev–Trinajstić information content (AvgIpc) is 3.27. The summed E-state index contributed by atoms with van der Waals surface area (Å²) in [5.74, 6) is 0.469. The van der Waals surface area contributed by atoms with Crippen molar-refractivity contribution >= 4 is 35.0 Å². The largest absolute Gasteiger partial charge is 0.493 e. The maximum atomic E-state index is 13.3. The van der Waals surface area contributed by atoms with E-state index in [2.05, 4.69) is 0 Å². The van der Waals surface area contributed by atoms with E-state index < -0.39 is 5.92 Å². The third kappa shape index (κ3) is 4.99. The zero-order chi connectivity index (χ0) is 24.3. The minimum atomic E-state index is -0.437. The van der Waals surface area contributed by atoms with E-state index in [4.69, 9.17) is 37.4 Å². The number of hydrogen-bond acceptors (Lipinski definition) is 5. The summed E-state index contributed by atoms with van der Waals surface area (Å²) in [6.07, 6.45) is 0. The Kier molecular flexibility index (Phi) is 7.97. The number of halogens is 2. The minimum Gasteiger partial charge on any atom is -0.493 e. The molecule has 0 aromatic heterocycles. The van der Waals surface area contributed by atoms with Gasteiger partial charge in [0.2, 0.25) is 11.7 Å². The Labute approximate surface area is 204 Å². The highest BCUT2D eigenvalue weighted by Gasteiger charge is 2.42. The van der Waals surface area contributed by atoms with Gasteiger partial charge < -0.3 is 24.0 Å². The predicted octanol–water partition coefficient (Wildman–Crippen LogP) is 4.35. The van der Waals surface area contributed by atoms with Crippen molar-refractivity contribution in [1.82, 2.24) is 9.80 Å². The van der Waals surface area contributed by atoms with Crippen LogP contribution < -0.4 is 14.2 Å². The van der Waals surface area contributed by atoms with Crippen LogP contribution in [0.2, 0.25) is 10.0 Å². The van der Waals surface area contributed by atoms with Gasteiger partial charge in [-0.15, -0.1) is 0 Å². The summed E-state index contributed by atoms with van der Waals surface area (Å²) >= 11 is 12.3. The number of amides is 2. The fraction of sp³-hybridized carbons (Fsp3) is 0.417. The first-order chi connectivity index (χ1) is 15.7. The zero-order valence-corrected chi connectivity index (χ0v) is 20.9. The molecular weight excluding hydrogens is 467 g/mol. The number of benzene rings is 2. The van der Waals surface area contributed by atoms with Crippen LogP contribution in [0.25, 0.3) is 0 Å². The Morgan fingerprint density at radius 3 is 2.18 bits per heavy atom. The Hall–Kier alpha value is -2.64. The fourth-order valence-corrected chi connectivity index (χ4v) is 4.63. The van der Waals surface area contributed by atoms with Crippen LogP contribution in [0, 0.1) is 5.92 Å². The summed E-state index contributed by atoms with van der Waals surface area (Å²) in [5, 5.41) is 0.725. The van der Waals surface area contributed by atoms with E-state index in [9.17, 15) is 9.59 Å². The van der Waals surface area contributed by atoms with E-state index in [1.807, 2.05) is 19.1 Å². The monoisotopic (exact) mass is 494 g/mol. The van der Waals surface area contributed by atoms with E-state index in [0.717, 1.165) is 5.56 Å². The van der Waals surface area contributed by atoms with E-state index in [0.29, 0.717) is 40.9 Å². The van der Waals surface area contributed by atoms with Gasteiger partial charge in [-0.2, -0.15) is 0 Å². The lowest BCUT2D eigenvalue weighted by Gasteiger charge is -2.24. The van der Waals surface area contributed by atoms with Crippen LogP contribution in [0.5, 0.6) is 17.2 Å². The maximum Gasteiger partial charge on any atom is 0.255 e. The lowest BCUT2D eigenvalue weighted by molar-refractivity contribution is -0.133. The average molecular weight is 495 g/mol. The second kappa shape index (κ2) is 10.5. The molecule has 1 saturated heterocycles. The molecule has 0 aliphatic carbocycles. The van der Waals surface area contributed by atoms with Gasteiger partial charge >= 0.3 is 0 Å². The van der Waals surface area contributed by atoms with Crippen molar-refractivity contribution in [1.29, 1.82) is 0 Å². The Morgan fingerprint density at radius 1 is 1.03 bits per heavy atom. The highest BCUT2D eigenvalue weighted by atomic mass is 35.5. The number of ether oxygens (including phenoxy) is 3. The molecule has 0 bridgehead atoms. The van der Waals surface area contributed by atoms with Crippen molar-refractivity contribution < 1.29 is 23.8 Å². The first-order valence-corrected chi connectivity index (χ1v) is 11.3. The summed E-state index contributed by atoms with van der Waals surface area (Å²) in [6.45, 7) is 3.08. The van der Waals surface area contributed by atoms with Gasteiger partial charge in [0.1, 0.15) is 0 Å². The van der Waals surface area contributed by atoms with Crippen molar-refractivity contribution in [3.63, 3.8) is 0 Å². The molecule has 1 fully saturated rings. The van der Waals surface area contributed by atoms with Crippen molar-refractivity contribution in [3.05, 3.63) is 51.5 Å².